The van der Waals surface area contributed by atoms with Crippen molar-refractivity contribution in [3.8, 4) is 0 Å². The van der Waals surface area contributed by atoms with Gasteiger partial charge in [-0.2, -0.15) is 0 Å². The van der Waals surface area contributed by atoms with Gasteiger partial charge in [0.1, 0.15) is 6.04 Å². The summed E-state index contributed by atoms with van der Waals surface area (Å²) in [4.78, 5) is 48.8. The summed E-state index contributed by atoms with van der Waals surface area (Å²) in [5.74, 6) is -1.89. The first-order valence-electron chi connectivity index (χ1n) is 6.40. The van der Waals surface area contributed by atoms with Gasteiger partial charge in [0, 0.05) is 6.42 Å². The number of hydrogen-bond acceptors (Lipinski definition) is 4. The molecule has 0 aliphatic carbocycles. The molecule has 6 heteroatoms. The predicted octanol–water partition coefficient (Wildman–Crippen LogP) is 0.478. The van der Waals surface area contributed by atoms with E-state index in [1.54, 1.807) is 24.3 Å². The number of imide groups is 2. The molecule has 0 spiro atoms. The van der Waals surface area contributed by atoms with Crippen molar-refractivity contribution in [3.05, 3.63) is 35.4 Å². The van der Waals surface area contributed by atoms with Crippen LogP contribution >= 0.6 is 0 Å². The first-order valence-corrected chi connectivity index (χ1v) is 6.40. The number of nitrogens with one attached hydrogen (secondary N) is 1. The Balaban J connectivity index is 1.96. The molecule has 1 aromatic carbocycles. The van der Waals surface area contributed by atoms with Crippen molar-refractivity contribution in [2.75, 3.05) is 0 Å². The summed E-state index contributed by atoms with van der Waals surface area (Å²) >= 11 is 0. The first kappa shape index (κ1) is 12.5. The Morgan fingerprint density at radius 1 is 1.00 bits per heavy atom. The van der Waals surface area contributed by atoms with Crippen LogP contribution in [0.4, 0.5) is 0 Å². The van der Waals surface area contributed by atoms with Crippen LogP contribution in [-0.4, -0.2) is 34.6 Å². The van der Waals surface area contributed by atoms with Crippen LogP contribution in [0.2, 0.25) is 0 Å². The minimum Gasteiger partial charge on any atom is -0.295 e. The van der Waals surface area contributed by atoms with Gasteiger partial charge in [0.05, 0.1) is 11.1 Å². The maximum Gasteiger partial charge on any atom is 0.262 e. The van der Waals surface area contributed by atoms with Crippen molar-refractivity contribution in [1.29, 1.82) is 0 Å². The lowest BCUT2D eigenvalue weighted by atomic mass is 10.1. The summed E-state index contributed by atoms with van der Waals surface area (Å²) in [6.45, 7) is 0. The van der Waals surface area contributed by atoms with Crippen LogP contribution in [0.15, 0.2) is 24.3 Å². The van der Waals surface area contributed by atoms with Gasteiger partial charge in [-0.15, -0.1) is 0 Å². The van der Waals surface area contributed by atoms with E-state index in [-0.39, 0.29) is 12.3 Å². The van der Waals surface area contributed by atoms with Crippen LogP contribution in [0.3, 0.4) is 0 Å². The van der Waals surface area contributed by atoms with Gasteiger partial charge in [0.25, 0.3) is 11.8 Å². The third-order valence-corrected chi connectivity index (χ3v) is 3.58. The van der Waals surface area contributed by atoms with Crippen LogP contribution in [0.5, 0.6) is 0 Å². The number of carbonyl (C=O) groups is 4. The maximum atomic E-state index is 12.3. The third-order valence-electron chi connectivity index (χ3n) is 3.58. The van der Waals surface area contributed by atoms with E-state index < -0.39 is 23.8 Å². The number of nitrogens with zero attached hydrogens (tertiary/aromatic N) is 1. The molecule has 0 saturated carbocycles. The maximum absolute atomic E-state index is 12.3. The Hall–Kier alpha value is -2.50. The summed E-state index contributed by atoms with van der Waals surface area (Å²) in [6, 6.07) is 5.56. The lowest BCUT2D eigenvalue weighted by Crippen LogP contribution is -2.49. The normalized spacial score (nSPS) is 22.6. The van der Waals surface area contributed by atoms with E-state index in [1.807, 2.05) is 0 Å². The summed E-state index contributed by atoms with van der Waals surface area (Å²) in [6.07, 6.45) is 1.00. The van der Waals surface area contributed by atoms with Gasteiger partial charge in [-0.05, 0) is 25.0 Å². The SMILES string of the molecule is O=C1CCC[C@@H](N2C(=O)c3ccccc3C2=O)C(=O)N1. The number of hydrogen-bond donors (Lipinski definition) is 1. The molecule has 2 heterocycles. The van der Waals surface area contributed by atoms with Gasteiger partial charge in [-0.1, -0.05) is 12.1 Å². The molecule has 1 atom stereocenters. The van der Waals surface area contributed by atoms with Crippen molar-refractivity contribution in [2.45, 2.75) is 25.3 Å². The molecule has 1 N–H and O–H groups in total. The molecule has 1 aromatic rings. The van der Waals surface area contributed by atoms with E-state index in [4.69, 9.17) is 0 Å². The van der Waals surface area contributed by atoms with Gasteiger partial charge >= 0.3 is 0 Å². The second-order valence-electron chi connectivity index (χ2n) is 4.85. The van der Waals surface area contributed by atoms with Crippen LogP contribution < -0.4 is 5.32 Å². The average molecular weight is 272 g/mol. The van der Waals surface area contributed by atoms with Crippen molar-refractivity contribution in [2.24, 2.45) is 0 Å². The minimum absolute atomic E-state index is 0.228. The summed E-state index contributed by atoms with van der Waals surface area (Å²) in [5.41, 5.74) is 0.613. The molecule has 1 fully saturated rings. The lowest BCUT2D eigenvalue weighted by Gasteiger charge is -2.22. The third kappa shape index (κ3) is 1.80. The molecule has 0 unspecified atom stereocenters. The average Bonchev–Trinajstić information content (AvgIpc) is 2.57. The Morgan fingerprint density at radius 2 is 1.60 bits per heavy atom. The number of fused-ring (bicyclic) bond motifs is 1. The van der Waals surface area contributed by atoms with Crippen LogP contribution in [0.25, 0.3) is 0 Å². The number of amides is 4. The smallest absolute Gasteiger partial charge is 0.262 e. The van der Waals surface area contributed by atoms with E-state index in [1.165, 1.54) is 0 Å². The highest BCUT2D eigenvalue weighted by Gasteiger charge is 2.43. The van der Waals surface area contributed by atoms with Crippen LogP contribution in [-0.2, 0) is 9.59 Å². The summed E-state index contributed by atoms with van der Waals surface area (Å²) in [7, 11) is 0. The van der Waals surface area contributed by atoms with Gasteiger partial charge in [-0.25, -0.2) is 0 Å². The molecular formula is C14H12N2O4. The lowest BCUT2D eigenvalue weighted by molar-refractivity contribution is -0.131. The molecule has 102 valence electrons. The van der Waals surface area contributed by atoms with Crippen molar-refractivity contribution in [3.63, 3.8) is 0 Å². The van der Waals surface area contributed by atoms with Crippen molar-refractivity contribution in [1.82, 2.24) is 10.2 Å². The van der Waals surface area contributed by atoms with E-state index in [2.05, 4.69) is 5.32 Å². The van der Waals surface area contributed by atoms with Gasteiger partial charge in [-0.3, -0.25) is 29.4 Å². The molecule has 20 heavy (non-hydrogen) atoms. The monoisotopic (exact) mass is 272 g/mol. The largest absolute Gasteiger partial charge is 0.295 e. The second kappa shape index (κ2) is 4.56. The van der Waals surface area contributed by atoms with Gasteiger partial charge in [0.15, 0.2) is 0 Å². The van der Waals surface area contributed by atoms with Crippen molar-refractivity contribution >= 4 is 23.6 Å². The fraction of sp³-hybridized carbons (Fsp3) is 0.286. The molecular weight excluding hydrogens is 260 g/mol. The zero-order valence-electron chi connectivity index (χ0n) is 10.6. The highest BCUT2D eigenvalue weighted by molar-refractivity contribution is 6.23. The fourth-order valence-corrected chi connectivity index (χ4v) is 2.61. The van der Waals surface area contributed by atoms with Gasteiger partial charge < -0.3 is 0 Å². The van der Waals surface area contributed by atoms with Crippen molar-refractivity contribution < 1.29 is 19.2 Å². The zero-order chi connectivity index (χ0) is 14.3. The number of benzene rings is 1. The van der Waals surface area contributed by atoms with E-state index in [9.17, 15) is 19.2 Å². The Labute approximate surface area is 114 Å². The molecule has 2 aliphatic heterocycles. The first-order chi connectivity index (χ1) is 9.59. The Kier molecular flexibility index (Phi) is 2.85. The molecule has 0 aromatic heterocycles. The Bertz CT molecular complexity index is 603. The molecule has 0 radical (unpaired) electrons. The van der Waals surface area contributed by atoms with Crippen LogP contribution in [0.1, 0.15) is 40.0 Å². The topological polar surface area (TPSA) is 83.6 Å². The standard InChI is InChI=1S/C14H12N2O4/c17-11-7-3-6-10(12(18)15-11)16-13(19)8-4-1-2-5-9(8)14(16)20/h1-2,4-5,10H,3,6-7H2,(H,15,17,18)/t10-/m1/s1. The molecule has 0 bridgehead atoms. The van der Waals surface area contributed by atoms with Gasteiger partial charge in [0.2, 0.25) is 11.8 Å². The molecule has 1 saturated heterocycles. The fourth-order valence-electron chi connectivity index (χ4n) is 2.61. The summed E-state index contributed by atoms with van der Waals surface area (Å²) < 4.78 is 0. The van der Waals surface area contributed by atoms with E-state index in [0.717, 1.165) is 4.90 Å². The quantitative estimate of drug-likeness (QED) is 0.754. The molecule has 3 rings (SSSR count). The number of rotatable bonds is 1. The molecule has 6 nitrogen and oxygen atoms in total. The molecule has 4 amide bonds. The Morgan fingerprint density at radius 3 is 2.20 bits per heavy atom. The highest BCUT2D eigenvalue weighted by atomic mass is 16.2. The predicted molar refractivity (Wildman–Crippen MR) is 67.7 cm³/mol. The van der Waals surface area contributed by atoms with E-state index >= 15 is 0 Å². The second-order valence-corrected chi connectivity index (χ2v) is 4.85. The van der Waals surface area contributed by atoms with E-state index in [0.29, 0.717) is 24.0 Å². The minimum atomic E-state index is -0.908. The summed E-state index contributed by atoms with van der Waals surface area (Å²) in [5, 5.41) is 2.21. The number of carbonyl (C=O) groups excluding carboxylic acids is 4. The highest BCUT2D eigenvalue weighted by Crippen LogP contribution is 2.27. The molecule has 2 aliphatic rings. The zero-order valence-corrected chi connectivity index (χ0v) is 10.6. The van der Waals surface area contributed by atoms with Crippen LogP contribution in [0, 0.1) is 0 Å².